The van der Waals surface area contributed by atoms with Crippen LogP contribution < -0.4 is 16.4 Å². The van der Waals surface area contributed by atoms with Gasteiger partial charge in [-0.25, -0.2) is 9.78 Å². The SMILES string of the molecule is COC(=O)N[C@H](C(=O)N1CCCC1C(=O)N1CCCC1C(=O)Nc1ccc(-c2ccc(-c3cnc(C4CCCN4C(=O)C(C(=O)OC)C(C)CN)[nH]3)cc2)cc1)C(C)C. The molecule has 16 heteroatoms. The molecular weight excluding hydrogens is 757 g/mol. The standard InChI is InChI=1S/C43H56N8O8/c1-25(2)36(48-43(57)59-5)41(55)51-22-8-11-34(51)39(53)50-21-7-10-33(50)38(52)46-30-18-16-28(17-19-30)27-12-14-29(15-13-27)31-24-45-37(47-31)32-9-6-20-49(32)40(54)35(26(3)23-44)42(56)58-4/h12-19,24-26,32-36H,6-11,20-23,44H2,1-5H3,(H,45,47)(H,46,52)(H,48,57)/t26?,32?,33?,34?,35?,36-/m0/s1. The largest absolute Gasteiger partial charge is 0.468 e. The fraction of sp³-hybridized carbons (Fsp3) is 0.512. The van der Waals surface area contributed by atoms with E-state index < -0.39 is 36.1 Å². The van der Waals surface area contributed by atoms with Crippen molar-refractivity contribution in [3.05, 3.63) is 60.6 Å². The van der Waals surface area contributed by atoms with Gasteiger partial charge >= 0.3 is 12.1 Å². The molecule has 0 radical (unpaired) electrons. The highest BCUT2D eigenvalue weighted by molar-refractivity contribution is 6.00. The maximum absolute atomic E-state index is 13.9. The fourth-order valence-corrected chi connectivity index (χ4v) is 8.46. The molecule has 4 heterocycles. The maximum Gasteiger partial charge on any atom is 0.407 e. The first kappa shape index (κ1) is 42.8. The van der Waals surface area contributed by atoms with Gasteiger partial charge in [-0.2, -0.15) is 0 Å². The molecule has 3 aromatic rings. The number of benzene rings is 2. The number of aromatic nitrogens is 2. The molecule has 3 fully saturated rings. The first-order chi connectivity index (χ1) is 28.4. The number of methoxy groups -OCH3 is 2. The van der Waals surface area contributed by atoms with Crippen LogP contribution in [0.4, 0.5) is 10.5 Å². The number of alkyl carbamates (subject to hydrolysis) is 1. The molecule has 0 saturated carbocycles. The summed E-state index contributed by atoms with van der Waals surface area (Å²) in [6.45, 7) is 6.93. The van der Waals surface area contributed by atoms with Gasteiger partial charge in [-0.1, -0.05) is 57.2 Å². The average molecular weight is 813 g/mol. The minimum absolute atomic E-state index is 0.182. The Hall–Kier alpha value is -5.77. The molecule has 3 aliphatic heterocycles. The van der Waals surface area contributed by atoms with Gasteiger partial charge in [-0.15, -0.1) is 0 Å². The summed E-state index contributed by atoms with van der Waals surface area (Å²) in [5.74, 6) is -2.65. The lowest BCUT2D eigenvalue weighted by atomic mass is 9.92. The number of anilines is 1. The minimum Gasteiger partial charge on any atom is -0.468 e. The Bertz CT molecular complexity index is 2000. The molecule has 1 aromatic heterocycles. The highest BCUT2D eigenvalue weighted by Gasteiger charge is 2.44. The van der Waals surface area contributed by atoms with E-state index in [0.717, 1.165) is 35.2 Å². The van der Waals surface area contributed by atoms with Crippen molar-refractivity contribution < 1.29 is 38.2 Å². The minimum atomic E-state index is -0.970. The van der Waals surface area contributed by atoms with Crippen molar-refractivity contribution in [3.63, 3.8) is 0 Å². The number of nitrogens with one attached hydrogen (secondary N) is 3. The van der Waals surface area contributed by atoms with Crippen LogP contribution in [0.15, 0.2) is 54.7 Å². The van der Waals surface area contributed by atoms with Gasteiger partial charge in [0.05, 0.1) is 32.2 Å². The average Bonchev–Trinajstić information content (AvgIpc) is 4.09. The van der Waals surface area contributed by atoms with E-state index in [1.807, 2.05) is 62.4 Å². The summed E-state index contributed by atoms with van der Waals surface area (Å²) in [7, 11) is 2.51. The van der Waals surface area contributed by atoms with E-state index in [-0.39, 0.29) is 48.1 Å². The number of rotatable bonds is 13. The highest BCUT2D eigenvalue weighted by Crippen LogP contribution is 2.35. The second-order valence-corrected chi connectivity index (χ2v) is 16.0. The van der Waals surface area contributed by atoms with Crippen molar-refractivity contribution in [1.29, 1.82) is 0 Å². The zero-order chi connectivity index (χ0) is 42.4. The normalized spacial score (nSPS) is 20.6. The summed E-state index contributed by atoms with van der Waals surface area (Å²) in [5, 5.41) is 5.59. The van der Waals surface area contributed by atoms with Crippen molar-refractivity contribution in [3.8, 4) is 22.4 Å². The predicted molar refractivity (Wildman–Crippen MR) is 219 cm³/mol. The third-order valence-corrected chi connectivity index (χ3v) is 11.8. The van der Waals surface area contributed by atoms with Gasteiger partial charge in [0, 0.05) is 25.3 Å². The molecule has 6 atom stereocenters. The summed E-state index contributed by atoms with van der Waals surface area (Å²) < 4.78 is 9.65. The lowest BCUT2D eigenvalue weighted by Crippen LogP contribution is -2.56. The summed E-state index contributed by atoms with van der Waals surface area (Å²) >= 11 is 0. The molecule has 2 aromatic carbocycles. The van der Waals surface area contributed by atoms with Gasteiger partial charge in [-0.05, 0) is 85.7 Å². The molecule has 3 aliphatic rings. The monoisotopic (exact) mass is 812 g/mol. The molecule has 5 N–H and O–H groups in total. The van der Waals surface area contributed by atoms with Gasteiger partial charge in [0.15, 0.2) is 0 Å². The zero-order valence-corrected chi connectivity index (χ0v) is 34.4. The number of likely N-dealkylation sites (tertiary alicyclic amines) is 3. The second kappa shape index (κ2) is 18.9. The van der Waals surface area contributed by atoms with E-state index in [1.165, 1.54) is 19.1 Å². The Morgan fingerprint density at radius 1 is 0.780 bits per heavy atom. The van der Waals surface area contributed by atoms with Gasteiger partial charge < -0.3 is 45.5 Å². The maximum atomic E-state index is 13.9. The lowest BCUT2D eigenvalue weighted by Gasteiger charge is -2.33. The van der Waals surface area contributed by atoms with Crippen LogP contribution in [-0.2, 0) is 33.4 Å². The molecule has 59 heavy (non-hydrogen) atoms. The fourth-order valence-electron chi connectivity index (χ4n) is 8.46. The molecule has 5 unspecified atom stereocenters. The molecule has 316 valence electrons. The van der Waals surface area contributed by atoms with Crippen molar-refractivity contribution in [1.82, 2.24) is 30.0 Å². The van der Waals surface area contributed by atoms with Gasteiger partial charge in [0.1, 0.15) is 29.9 Å². The number of aromatic amines is 1. The molecule has 0 spiro atoms. The number of nitrogens with zero attached hydrogens (tertiary/aromatic N) is 4. The first-order valence-corrected chi connectivity index (χ1v) is 20.5. The van der Waals surface area contributed by atoms with Crippen molar-refractivity contribution in [2.75, 3.05) is 45.7 Å². The van der Waals surface area contributed by atoms with Gasteiger partial charge in [0.2, 0.25) is 23.6 Å². The Labute approximate surface area is 344 Å². The smallest absolute Gasteiger partial charge is 0.407 e. The molecule has 3 saturated heterocycles. The zero-order valence-electron chi connectivity index (χ0n) is 34.4. The molecule has 0 aliphatic carbocycles. The third kappa shape index (κ3) is 9.27. The third-order valence-electron chi connectivity index (χ3n) is 11.8. The number of carbonyl (C=O) groups is 6. The van der Waals surface area contributed by atoms with E-state index >= 15 is 0 Å². The molecule has 5 amide bonds. The Kier molecular flexibility index (Phi) is 13.7. The first-order valence-electron chi connectivity index (χ1n) is 20.5. The van der Waals surface area contributed by atoms with Crippen LogP contribution in [-0.4, -0.2) is 119 Å². The summed E-state index contributed by atoms with van der Waals surface area (Å²) in [4.78, 5) is 91.9. The quantitative estimate of drug-likeness (QED) is 0.144. The molecule has 16 nitrogen and oxygen atoms in total. The Balaban J connectivity index is 1.07. The second-order valence-electron chi connectivity index (χ2n) is 16.0. The van der Waals surface area contributed by atoms with E-state index in [2.05, 4.69) is 20.6 Å². The van der Waals surface area contributed by atoms with Gasteiger partial charge in [-0.3, -0.25) is 24.0 Å². The molecule has 0 bridgehead atoms. The highest BCUT2D eigenvalue weighted by atomic mass is 16.5. The number of hydrogen-bond acceptors (Lipinski definition) is 10. The van der Waals surface area contributed by atoms with Crippen LogP contribution in [0.25, 0.3) is 22.4 Å². The van der Waals surface area contributed by atoms with E-state index in [9.17, 15) is 28.8 Å². The summed E-state index contributed by atoms with van der Waals surface area (Å²) in [6, 6.07) is 13.0. The van der Waals surface area contributed by atoms with E-state index in [0.29, 0.717) is 56.8 Å². The number of carbonyl (C=O) groups excluding carboxylic acids is 6. The van der Waals surface area contributed by atoms with Crippen LogP contribution in [0.5, 0.6) is 0 Å². The van der Waals surface area contributed by atoms with Crippen LogP contribution >= 0.6 is 0 Å². The summed E-state index contributed by atoms with van der Waals surface area (Å²) in [6.07, 6.45) is 4.86. The number of ether oxygens (including phenoxy) is 2. The van der Waals surface area contributed by atoms with Crippen molar-refractivity contribution in [2.24, 2.45) is 23.5 Å². The number of amides is 5. The predicted octanol–water partition coefficient (Wildman–Crippen LogP) is 4.09. The molecular formula is C43H56N8O8. The number of hydrogen-bond donors (Lipinski definition) is 4. The van der Waals surface area contributed by atoms with Crippen LogP contribution in [0.1, 0.15) is 71.2 Å². The Morgan fingerprint density at radius 3 is 2.00 bits per heavy atom. The summed E-state index contributed by atoms with van der Waals surface area (Å²) in [5.41, 5.74) is 10.0. The number of imidazole rings is 1. The van der Waals surface area contributed by atoms with Crippen molar-refractivity contribution >= 4 is 41.4 Å². The number of esters is 1. The number of H-pyrrole nitrogens is 1. The van der Waals surface area contributed by atoms with E-state index in [4.69, 9.17) is 15.2 Å². The Morgan fingerprint density at radius 2 is 1.37 bits per heavy atom. The molecule has 6 rings (SSSR count). The lowest BCUT2D eigenvalue weighted by molar-refractivity contribution is -0.156. The topological polar surface area (TPSA) is 209 Å². The van der Waals surface area contributed by atoms with Crippen LogP contribution in [0.2, 0.25) is 0 Å². The van der Waals surface area contributed by atoms with Crippen LogP contribution in [0.3, 0.4) is 0 Å². The van der Waals surface area contributed by atoms with Crippen molar-refractivity contribution in [2.45, 2.75) is 83.5 Å². The van der Waals surface area contributed by atoms with Gasteiger partial charge in [0.25, 0.3) is 0 Å². The number of nitrogens with two attached hydrogens (primary N) is 1. The van der Waals surface area contributed by atoms with Crippen LogP contribution in [0, 0.1) is 17.8 Å². The van der Waals surface area contributed by atoms with E-state index in [1.54, 1.807) is 22.9 Å².